The van der Waals surface area contributed by atoms with E-state index in [-0.39, 0.29) is 10.9 Å². The zero-order chi connectivity index (χ0) is 17.9. The highest BCUT2D eigenvalue weighted by molar-refractivity contribution is 7.87. The first kappa shape index (κ1) is 17.3. The maximum Gasteiger partial charge on any atom is 0.339 e. The number of amides is 2. The first-order valence-electron chi connectivity index (χ1n) is 8.19. The minimum absolute atomic E-state index is 0.0576. The molecule has 1 aliphatic heterocycles. The van der Waals surface area contributed by atoms with E-state index >= 15 is 0 Å². The van der Waals surface area contributed by atoms with Crippen molar-refractivity contribution in [1.82, 2.24) is 5.32 Å². The van der Waals surface area contributed by atoms with Crippen LogP contribution >= 0.6 is 0 Å². The van der Waals surface area contributed by atoms with Crippen LogP contribution in [0.25, 0.3) is 0 Å². The average molecular weight is 360 g/mol. The number of para-hydroxylation sites is 1. The number of hydrogen-bond acceptors (Lipinski definition) is 4. The van der Waals surface area contributed by atoms with Crippen LogP contribution in [0.4, 0.5) is 10.5 Å². The van der Waals surface area contributed by atoms with Crippen molar-refractivity contribution in [2.24, 2.45) is 0 Å². The molecule has 2 amide bonds. The normalized spacial score (nSPS) is 14.4. The third-order valence-electron chi connectivity index (χ3n) is 3.99. The van der Waals surface area contributed by atoms with Gasteiger partial charge < -0.3 is 9.50 Å². The van der Waals surface area contributed by atoms with Gasteiger partial charge >= 0.3 is 16.1 Å². The van der Waals surface area contributed by atoms with Crippen molar-refractivity contribution in [3.8, 4) is 5.75 Å². The Kier molecular flexibility index (Phi) is 4.94. The predicted octanol–water partition coefficient (Wildman–Crippen LogP) is 2.94. The van der Waals surface area contributed by atoms with Gasteiger partial charge in [0.25, 0.3) is 0 Å². The molecule has 1 N–H and O–H groups in total. The van der Waals surface area contributed by atoms with E-state index in [4.69, 9.17) is 4.18 Å². The molecule has 1 heterocycles. The van der Waals surface area contributed by atoms with Crippen molar-refractivity contribution in [2.75, 3.05) is 18.0 Å². The molecule has 0 aliphatic carbocycles. The lowest BCUT2D eigenvalue weighted by Gasteiger charge is -2.15. The molecule has 3 rings (SSSR count). The van der Waals surface area contributed by atoms with Crippen LogP contribution in [0, 0.1) is 0 Å². The second kappa shape index (κ2) is 7.14. The smallest absolute Gasteiger partial charge is 0.339 e. The van der Waals surface area contributed by atoms with Crippen LogP contribution in [0.15, 0.2) is 53.4 Å². The number of aryl methyl sites for hydroxylation is 1. The van der Waals surface area contributed by atoms with Gasteiger partial charge in [-0.05, 0) is 42.3 Å². The molecular formula is C18H20N2O4S. The Bertz CT molecular complexity index is 863. The molecule has 2 aromatic rings. The van der Waals surface area contributed by atoms with E-state index in [2.05, 4.69) is 5.32 Å². The quantitative estimate of drug-likeness (QED) is 0.804. The Morgan fingerprint density at radius 1 is 1.12 bits per heavy atom. The maximum absolute atomic E-state index is 12.5. The minimum atomic E-state index is -3.93. The molecule has 1 aliphatic rings. The Morgan fingerprint density at radius 2 is 1.84 bits per heavy atom. The number of carbonyl (C=O) groups is 1. The summed E-state index contributed by atoms with van der Waals surface area (Å²) in [6.45, 7) is 3.17. The first-order chi connectivity index (χ1) is 12.0. The van der Waals surface area contributed by atoms with Gasteiger partial charge in [0.15, 0.2) is 0 Å². The zero-order valence-corrected chi connectivity index (χ0v) is 14.8. The molecule has 0 atom stereocenters. The van der Waals surface area contributed by atoms with Crippen LogP contribution in [-0.2, 0) is 16.5 Å². The summed E-state index contributed by atoms with van der Waals surface area (Å²) in [7, 11) is -3.93. The summed E-state index contributed by atoms with van der Waals surface area (Å²) in [6.07, 6.45) is 1.64. The average Bonchev–Trinajstić information content (AvgIpc) is 3.03. The topological polar surface area (TPSA) is 75.7 Å². The maximum atomic E-state index is 12.5. The van der Waals surface area contributed by atoms with E-state index in [9.17, 15) is 13.2 Å². The number of nitrogens with zero attached hydrogens (tertiary/aromatic N) is 1. The molecule has 7 heteroatoms. The van der Waals surface area contributed by atoms with Gasteiger partial charge in [-0.15, -0.1) is 0 Å². The molecule has 6 nitrogen and oxygen atoms in total. The van der Waals surface area contributed by atoms with Gasteiger partial charge in [-0.25, -0.2) is 4.79 Å². The van der Waals surface area contributed by atoms with Gasteiger partial charge in [-0.2, -0.15) is 8.42 Å². The summed E-state index contributed by atoms with van der Waals surface area (Å²) in [5.41, 5.74) is 1.51. The van der Waals surface area contributed by atoms with Crippen molar-refractivity contribution >= 4 is 21.8 Å². The standard InChI is InChI=1S/C18H20N2O4S/c1-2-5-14-6-3-4-7-17(14)24-25(22,23)16-10-8-15(9-11-16)20-13-12-19-18(20)21/h3-4,6-11H,2,5,12-13H2,1H3,(H,19,21). The van der Waals surface area contributed by atoms with Crippen molar-refractivity contribution in [3.05, 3.63) is 54.1 Å². The molecule has 1 fully saturated rings. The van der Waals surface area contributed by atoms with Crippen LogP contribution in [0.2, 0.25) is 0 Å². The Labute approximate surface area is 147 Å². The summed E-state index contributed by atoms with van der Waals surface area (Å²) in [5, 5.41) is 2.71. The summed E-state index contributed by atoms with van der Waals surface area (Å²) >= 11 is 0. The molecule has 25 heavy (non-hydrogen) atoms. The van der Waals surface area contributed by atoms with Crippen LogP contribution in [0.3, 0.4) is 0 Å². The third-order valence-corrected chi connectivity index (χ3v) is 5.23. The fraction of sp³-hybridized carbons (Fsp3) is 0.278. The second-order valence-electron chi connectivity index (χ2n) is 5.77. The summed E-state index contributed by atoms with van der Waals surface area (Å²) in [4.78, 5) is 13.3. The van der Waals surface area contributed by atoms with E-state index in [1.165, 1.54) is 12.1 Å². The highest BCUT2D eigenvalue weighted by Crippen LogP contribution is 2.25. The largest absolute Gasteiger partial charge is 0.379 e. The number of nitrogens with one attached hydrogen (secondary N) is 1. The number of urea groups is 1. The van der Waals surface area contributed by atoms with Crippen molar-refractivity contribution in [3.63, 3.8) is 0 Å². The Morgan fingerprint density at radius 3 is 2.48 bits per heavy atom. The lowest BCUT2D eigenvalue weighted by molar-refractivity contribution is 0.252. The van der Waals surface area contributed by atoms with Gasteiger partial charge in [-0.3, -0.25) is 4.90 Å². The van der Waals surface area contributed by atoms with E-state index < -0.39 is 10.1 Å². The van der Waals surface area contributed by atoms with Crippen LogP contribution in [-0.4, -0.2) is 27.5 Å². The summed E-state index contributed by atoms with van der Waals surface area (Å²) in [6, 6.07) is 13.1. The number of benzene rings is 2. The minimum Gasteiger partial charge on any atom is -0.379 e. The fourth-order valence-corrected chi connectivity index (χ4v) is 3.70. The lowest BCUT2D eigenvalue weighted by Crippen LogP contribution is -2.27. The predicted molar refractivity (Wildman–Crippen MR) is 95.4 cm³/mol. The van der Waals surface area contributed by atoms with Crippen molar-refractivity contribution < 1.29 is 17.4 Å². The van der Waals surface area contributed by atoms with Crippen molar-refractivity contribution in [2.45, 2.75) is 24.7 Å². The molecule has 132 valence electrons. The van der Waals surface area contributed by atoms with Crippen molar-refractivity contribution in [1.29, 1.82) is 0 Å². The highest BCUT2D eigenvalue weighted by Gasteiger charge is 2.23. The van der Waals surface area contributed by atoms with E-state index in [0.29, 0.717) is 24.5 Å². The molecule has 0 saturated carbocycles. The molecule has 1 saturated heterocycles. The number of hydrogen-bond donors (Lipinski definition) is 1. The molecule has 0 bridgehead atoms. The van der Waals surface area contributed by atoms with Crippen LogP contribution in [0.5, 0.6) is 5.75 Å². The lowest BCUT2D eigenvalue weighted by atomic mass is 10.1. The van der Waals surface area contributed by atoms with Gasteiger partial charge in [-0.1, -0.05) is 31.5 Å². The molecule has 0 unspecified atom stereocenters. The number of carbonyl (C=O) groups excluding carboxylic acids is 1. The molecule has 0 radical (unpaired) electrons. The monoisotopic (exact) mass is 360 g/mol. The third kappa shape index (κ3) is 3.76. The number of anilines is 1. The zero-order valence-electron chi connectivity index (χ0n) is 13.9. The van der Waals surface area contributed by atoms with Gasteiger partial charge in [0.1, 0.15) is 10.6 Å². The van der Waals surface area contributed by atoms with Gasteiger partial charge in [0, 0.05) is 18.8 Å². The molecule has 0 aromatic heterocycles. The summed E-state index contributed by atoms with van der Waals surface area (Å²) in [5.74, 6) is 0.354. The first-order valence-corrected chi connectivity index (χ1v) is 9.60. The van der Waals surface area contributed by atoms with Gasteiger partial charge in [0.05, 0.1) is 0 Å². The number of rotatable bonds is 6. The second-order valence-corrected chi connectivity index (χ2v) is 7.32. The van der Waals surface area contributed by atoms with Gasteiger partial charge in [0.2, 0.25) is 0 Å². The van der Waals surface area contributed by atoms with E-state index in [1.54, 1.807) is 29.2 Å². The van der Waals surface area contributed by atoms with Crippen LogP contribution in [0.1, 0.15) is 18.9 Å². The molecule has 2 aromatic carbocycles. The van der Waals surface area contributed by atoms with E-state index in [1.807, 2.05) is 19.1 Å². The van der Waals surface area contributed by atoms with E-state index in [0.717, 1.165) is 18.4 Å². The highest BCUT2D eigenvalue weighted by atomic mass is 32.2. The Hall–Kier alpha value is -2.54. The van der Waals surface area contributed by atoms with Crippen LogP contribution < -0.4 is 14.4 Å². The molecular weight excluding hydrogens is 340 g/mol. The molecule has 0 spiro atoms. The summed E-state index contributed by atoms with van der Waals surface area (Å²) < 4.78 is 30.4. The SMILES string of the molecule is CCCc1ccccc1OS(=O)(=O)c1ccc(N2CCNC2=O)cc1. The fourth-order valence-electron chi connectivity index (χ4n) is 2.74. The Balaban J connectivity index is 1.82.